The molecule has 0 spiro atoms. The molecule has 2 heterocycles. The van der Waals surface area contributed by atoms with E-state index in [1.807, 2.05) is 25.1 Å². The number of carbonyl (C=O) groups excluding carboxylic acids is 3. The van der Waals surface area contributed by atoms with Crippen LogP contribution in [0.2, 0.25) is 0 Å². The predicted molar refractivity (Wildman–Crippen MR) is 137 cm³/mol. The molecule has 1 aliphatic heterocycles. The average molecular weight is 504 g/mol. The molecule has 0 radical (unpaired) electrons. The highest BCUT2D eigenvalue weighted by atomic mass is 16.5. The van der Waals surface area contributed by atoms with E-state index < -0.39 is 23.3 Å². The van der Waals surface area contributed by atoms with Crippen LogP contribution in [0.25, 0.3) is 0 Å². The Labute approximate surface area is 215 Å². The van der Waals surface area contributed by atoms with Gasteiger partial charge in [0.15, 0.2) is 11.5 Å². The van der Waals surface area contributed by atoms with Gasteiger partial charge in [-0.3, -0.25) is 19.9 Å². The molecule has 1 N–H and O–H groups in total. The number of benzene rings is 2. The summed E-state index contributed by atoms with van der Waals surface area (Å²) in [6.07, 6.45) is 2.07. The lowest BCUT2D eigenvalue weighted by molar-refractivity contribution is -0.143. The molecule has 0 aliphatic carbocycles. The van der Waals surface area contributed by atoms with Crippen molar-refractivity contribution in [2.75, 3.05) is 26.2 Å². The monoisotopic (exact) mass is 503 g/mol. The Balaban J connectivity index is 1.84. The van der Waals surface area contributed by atoms with Crippen molar-refractivity contribution in [3.8, 4) is 17.2 Å². The van der Waals surface area contributed by atoms with Crippen molar-refractivity contribution in [2.24, 2.45) is 5.41 Å². The number of aromatic nitrogens is 1. The number of hydrogen-bond donors (Lipinski definition) is 1. The van der Waals surface area contributed by atoms with Gasteiger partial charge in [0.1, 0.15) is 5.41 Å². The topological polar surface area (TPSA) is 107 Å². The van der Waals surface area contributed by atoms with Crippen LogP contribution in [-0.2, 0) is 22.4 Å². The highest BCUT2D eigenvalue weighted by Crippen LogP contribution is 2.44. The molecule has 1 aromatic heterocycles. The maximum absolute atomic E-state index is 14.2. The maximum atomic E-state index is 14.2. The molecule has 192 valence electrons. The first-order chi connectivity index (χ1) is 17.8. The first-order valence-electron chi connectivity index (χ1n) is 11.8. The normalized spacial score (nSPS) is 17.4. The second kappa shape index (κ2) is 10.7. The van der Waals surface area contributed by atoms with Crippen LogP contribution >= 0.6 is 0 Å². The third-order valence-electron chi connectivity index (χ3n) is 6.54. The highest BCUT2D eigenvalue weighted by Gasteiger charge is 2.54. The molecule has 1 saturated heterocycles. The number of rotatable bonds is 9. The number of pyridine rings is 1. The molecule has 1 atom stereocenters. The zero-order chi connectivity index (χ0) is 26.6. The lowest BCUT2D eigenvalue weighted by Crippen LogP contribution is -2.65. The van der Waals surface area contributed by atoms with Gasteiger partial charge < -0.3 is 14.2 Å². The van der Waals surface area contributed by atoms with E-state index in [0.717, 1.165) is 16.2 Å². The van der Waals surface area contributed by atoms with Crippen molar-refractivity contribution in [3.05, 3.63) is 77.6 Å². The number of amides is 4. The number of methoxy groups -OCH3 is 3. The number of ether oxygens (including phenoxy) is 3. The SMILES string of the molecule is COc1ccc(CC2(CCc3ccccn3)C(=O)NC(=O)N(c3cccc(C)c3)C2=O)c(OC)c1OC. The fraction of sp³-hybridized carbons (Fsp3) is 0.286. The van der Waals surface area contributed by atoms with E-state index in [1.165, 1.54) is 21.3 Å². The summed E-state index contributed by atoms with van der Waals surface area (Å²) >= 11 is 0. The third-order valence-corrected chi connectivity index (χ3v) is 6.54. The summed E-state index contributed by atoms with van der Waals surface area (Å²) in [6, 6.07) is 15.1. The predicted octanol–water partition coefficient (Wildman–Crippen LogP) is 3.86. The van der Waals surface area contributed by atoms with E-state index in [9.17, 15) is 14.4 Å². The molecule has 4 rings (SSSR count). The number of urea groups is 1. The van der Waals surface area contributed by atoms with E-state index in [2.05, 4.69) is 10.3 Å². The van der Waals surface area contributed by atoms with E-state index in [4.69, 9.17) is 14.2 Å². The molecule has 0 saturated carbocycles. The second-order valence-corrected chi connectivity index (χ2v) is 8.81. The lowest BCUT2D eigenvalue weighted by atomic mass is 9.73. The number of barbiturate groups is 1. The van der Waals surface area contributed by atoms with Gasteiger partial charge in [0, 0.05) is 11.9 Å². The number of imide groups is 2. The maximum Gasteiger partial charge on any atom is 0.335 e. The van der Waals surface area contributed by atoms with Crippen LogP contribution in [0.15, 0.2) is 60.8 Å². The second-order valence-electron chi connectivity index (χ2n) is 8.81. The minimum absolute atomic E-state index is 0.0381. The number of nitrogens with one attached hydrogen (secondary N) is 1. The van der Waals surface area contributed by atoms with E-state index >= 15 is 0 Å². The van der Waals surface area contributed by atoms with E-state index in [-0.39, 0.29) is 12.8 Å². The van der Waals surface area contributed by atoms with Gasteiger partial charge in [-0.05, 0) is 67.6 Å². The molecule has 1 unspecified atom stereocenters. The largest absolute Gasteiger partial charge is 0.493 e. The summed E-state index contributed by atoms with van der Waals surface area (Å²) in [7, 11) is 4.47. The van der Waals surface area contributed by atoms with Crippen LogP contribution in [0.4, 0.5) is 10.5 Å². The summed E-state index contributed by atoms with van der Waals surface area (Å²) in [6.45, 7) is 1.86. The Morgan fingerprint density at radius 2 is 1.70 bits per heavy atom. The number of aryl methyl sites for hydroxylation is 2. The number of anilines is 1. The zero-order valence-corrected chi connectivity index (χ0v) is 21.2. The van der Waals surface area contributed by atoms with Gasteiger partial charge in [-0.15, -0.1) is 0 Å². The molecular formula is C28H29N3O6. The third kappa shape index (κ3) is 4.84. The Hall–Kier alpha value is -4.40. The van der Waals surface area contributed by atoms with Crippen LogP contribution in [0.5, 0.6) is 17.2 Å². The molecule has 1 aliphatic rings. The smallest absolute Gasteiger partial charge is 0.335 e. The summed E-state index contributed by atoms with van der Waals surface area (Å²) in [5.74, 6) is -0.142. The summed E-state index contributed by atoms with van der Waals surface area (Å²) in [5, 5.41) is 2.42. The van der Waals surface area contributed by atoms with Gasteiger partial charge in [0.25, 0.3) is 5.91 Å². The van der Waals surface area contributed by atoms with Crippen molar-refractivity contribution < 1.29 is 28.6 Å². The molecule has 4 amide bonds. The van der Waals surface area contributed by atoms with Crippen molar-refractivity contribution in [1.82, 2.24) is 10.3 Å². The minimum atomic E-state index is -1.62. The first kappa shape index (κ1) is 25.7. The van der Waals surface area contributed by atoms with E-state index in [0.29, 0.717) is 34.9 Å². The van der Waals surface area contributed by atoms with Crippen molar-refractivity contribution >= 4 is 23.5 Å². The van der Waals surface area contributed by atoms with Gasteiger partial charge in [-0.2, -0.15) is 0 Å². The molecule has 2 aromatic carbocycles. The first-order valence-corrected chi connectivity index (χ1v) is 11.8. The molecule has 37 heavy (non-hydrogen) atoms. The van der Waals surface area contributed by atoms with Gasteiger partial charge in [0.2, 0.25) is 11.7 Å². The minimum Gasteiger partial charge on any atom is -0.493 e. The van der Waals surface area contributed by atoms with Crippen LogP contribution in [0, 0.1) is 12.3 Å². The highest BCUT2D eigenvalue weighted by molar-refractivity contribution is 6.30. The standard InChI is InChI=1S/C28H29N3O6/c1-18-8-7-10-21(16-18)31-26(33)28(25(32)30-27(31)34,14-13-20-9-5-6-15-29-20)17-19-11-12-22(35-2)24(37-4)23(19)36-3/h5-12,15-16H,13-14,17H2,1-4H3,(H,30,32,34). The summed E-state index contributed by atoms with van der Waals surface area (Å²) < 4.78 is 16.5. The number of hydrogen-bond acceptors (Lipinski definition) is 7. The summed E-state index contributed by atoms with van der Waals surface area (Å²) in [5.41, 5.74) is 0.915. The van der Waals surface area contributed by atoms with Crippen molar-refractivity contribution in [3.63, 3.8) is 0 Å². The molecule has 9 nitrogen and oxygen atoms in total. The fourth-order valence-corrected chi connectivity index (χ4v) is 4.66. The molecule has 1 fully saturated rings. The molecule has 9 heteroatoms. The zero-order valence-electron chi connectivity index (χ0n) is 21.2. The van der Waals surface area contributed by atoms with Crippen LogP contribution in [0.3, 0.4) is 0 Å². The van der Waals surface area contributed by atoms with Crippen molar-refractivity contribution in [2.45, 2.75) is 26.2 Å². The number of carbonyl (C=O) groups is 3. The quantitative estimate of drug-likeness (QED) is 0.442. The molecule has 0 bridgehead atoms. The van der Waals surface area contributed by atoms with Crippen LogP contribution in [-0.4, -0.2) is 44.2 Å². The van der Waals surface area contributed by atoms with Gasteiger partial charge in [-0.1, -0.05) is 24.3 Å². The Morgan fingerprint density at radius 3 is 2.35 bits per heavy atom. The van der Waals surface area contributed by atoms with Gasteiger partial charge in [-0.25, -0.2) is 9.69 Å². The van der Waals surface area contributed by atoms with Gasteiger partial charge in [0.05, 0.1) is 27.0 Å². The van der Waals surface area contributed by atoms with Crippen LogP contribution in [0.1, 0.15) is 23.2 Å². The Bertz CT molecular complexity index is 1330. The lowest BCUT2D eigenvalue weighted by Gasteiger charge is -2.39. The van der Waals surface area contributed by atoms with Crippen molar-refractivity contribution in [1.29, 1.82) is 0 Å². The van der Waals surface area contributed by atoms with E-state index in [1.54, 1.807) is 42.6 Å². The Kier molecular flexibility index (Phi) is 7.42. The van der Waals surface area contributed by atoms with Crippen LogP contribution < -0.4 is 24.4 Å². The molecule has 3 aromatic rings. The summed E-state index contributed by atoms with van der Waals surface area (Å²) in [4.78, 5) is 46.1. The molecular weight excluding hydrogens is 474 g/mol. The number of nitrogens with zero attached hydrogens (tertiary/aromatic N) is 2. The fourth-order valence-electron chi connectivity index (χ4n) is 4.66. The Morgan fingerprint density at radius 1 is 0.919 bits per heavy atom. The average Bonchev–Trinajstić information content (AvgIpc) is 2.90. The van der Waals surface area contributed by atoms with Gasteiger partial charge >= 0.3 is 6.03 Å².